The van der Waals surface area contributed by atoms with Crippen LogP contribution in [0.15, 0.2) is 36.8 Å². The van der Waals surface area contributed by atoms with Gasteiger partial charge >= 0.3 is 0 Å². The molecule has 5 rings (SSSR count). The van der Waals surface area contributed by atoms with Crippen molar-refractivity contribution < 1.29 is 4.79 Å². The summed E-state index contributed by atoms with van der Waals surface area (Å²) in [6.45, 7) is 0. The van der Waals surface area contributed by atoms with Crippen LogP contribution in [0, 0.1) is 17.2 Å². The largest absolute Gasteiger partial charge is 0.381 e. The standard InChI is InChI=1S/C24H24N6O/c25-10-22-28-11-16(12-29-22)15-3-8-21-19(9-15)23(30-18-6-4-17(26)5-7-18)20(13-27-21)24(31)14-1-2-14/h3,8-9,11-14,17-18H,1-2,4-7,26H2,(H,27,30)/t17-,18-. The predicted octanol–water partition coefficient (Wildman–Crippen LogP) is 3.84. The van der Waals surface area contributed by atoms with E-state index >= 15 is 0 Å². The molecule has 2 aliphatic carbocycles. The van der Waals surface area contributed by atoms with Gasteiger partial charge in [0.15, 0.2) is 5.78 Å². The molecule has 2 saturated carbocycles. The van der Waals surface area contributed by atoms with Crippen molar-refractivity contribution in [2.75, 3.05) is 5.32 Å². The number of nitrogens with zero attached hydrogens (tertiary/aromatic N) is 4. The Bertz CT molecular complexity index is 1170. The van der Waals surface area contributed by atoms with Gasteiger partial charge in [-0.05, 0) is 56.2 Å². The molecule has 3 aromatic rings. The molecule has 3 N–H and O–H groups in total. The molecule has 156 valence electrons. The van der Waals surface area contributed by atoms with Gasteiger partial charge in [-0.1, -0.05) is 6.07 Å². The first-order valence-electron chi connectivity index (χ1n) is 10.8. The number of Topliss-reactive ketones (excluding diaryl/α,β-unsaturated/α-hetero) is 1. The highest BCUT2D eigenvalue weighted by atomic mass is 16.1. The van der Waals surface area contributed by atoms with Gasteiger partial charge in [0, 0.05) is 47.5 Å². The number of nitrogens with two attached hydrogens (primary N) is 1. The Labute approximate surface area is 180 Å². The zero-order chi connectivity index (χ0) is 21.4. The zero-order valence-corrected chi connectivity index (χ0v) is 17.2. The number of hydrogen-bond acceptors (Lipinski definition) is 7. The number of hydrogen-bond donors (Lipinski definition) is 2. The summed E-state index contributed by atoms with van der Waals surface area (Å²) in [4.78, 5) is 25.8. The second-order valence-corrected chi connectivity index (χ2v) is 8.58. The quantitative estimate of drug-likeness (QED) is 0.611. The number of nitriles is 1. The number of carbonyl (C=O) groups is 1. The fourth-order valence-electron chi connectivity index (χ4n) is 4.28. The predicted molar refractivity (Wildman–Crippen MR) is 118 cm³/mol. The number of nitrogens with one attached hydrogen (secondary N) is 1. The molecule has 0 atom stereocenters. The third-order valence-electron chi connectivity index (χ3n) is 6.29. The van der Waals surface area contributed by atoms with Crippen LogP contribution in [-0.4, -0.2) is 32.8 Å². The van der Waals surface area contributed by atoms with Crippen LogP contribution in [0.5, 0.6) is 0 Å². The Balaban J connectivity index is 1.58. The van der Waals surface area contributed by atoms with Crippen molar-refractivity contribution in [2.24, 2.45) is 11.7 Å². The smallest absolute Gasteiger partial charge is 0.232 e. The second-order valence-electron chi connectivity index (χ2n) is 8.58. The third kappa shape index (κ3) is 3.99. The van der Waals surface area contributed by atoms with E-state index in [0.29, 0.717) is 5.56 Å². The first-order chi connectivity index (χ1) is 15.1. The maximum atomic E-state index is 13.0. The average Bonchev–Trinajstić information content (AvgIpc) is 3.66. The minimum atomic E-state index is 0.120. The number of fused-ring (bicyclic) bond motifs is 1. The van der Waals surface area contributed by atoms with Gasteiger partial charge in [-0.3, -0.25) is 9.78 Å². The van der Waals surface area contributed by atoms with Crippen LogP contribution in [0.1, 0.15) is 54.7 Å². The number of benzene rings is 1. The molecule has 0 unspecified atom stereocenters. The zero-order valence-electron chi connectivity index (χ0n) is 17.2. The molecule has 0 spiro atoms. The lowest BCUT2D eigenvalue weighted by atomic mass is 9.91. The van der Waals surface area contributed by atoms with Crippen LogP contribution in [-0.2, 0) is 0 Å². The van der Waals surface area contributed by atoms with Crippen LogP contribution in [0.2, 0.25) is 0 Å². The first kappa shape index (κ1) is 19.6. The van der Waals surface area contributed by atoms with E-state index in [9.17, 15) is 4.79 Å². The molecule has 7 heteroatoms. The molecule has 7 nitrogen and oxygen atoms in total. The van der Waals surface area contributed by atoms with Crippen molar-refractivity contribution >= 4 is 22.4 Å². The molecule has 0 aliphatic heterocycles. The van der Waals surface area contributed by atoms with Crippen LogP contribution < -0.4 is 11.1 Å². The summed E-state index contributed by atoms with van der Waals surface area (Å²) in [5, 5.41) is 13.6. The molecule has 0 saturated heterocycles. The maximum absolute atomic E-state index is 13.0. The van der Waals surface area contributed by atoms with Crippen LogP contribution in [0.25, 0.3) is 22.0 Å². The Morgan fingerprint density at radius 2 is 1.74 bits per heavy atom. The fraction of sp³-hybridized carbons (Fsp3) is 0.375. The second kappa shape index (κ2) is 8.05. The van der Waals surface area contributed by atoms with E-state index < -0.39 is 0 Å². The number of carbonyl (C=O) groups excluding carboxylic acids is 1. The number of aromatic nitrogens is 3. The third-order valence-corrected chi connectivity index (χ3v) is 6.29. The Hall–Kier alpha value is -3.37. The summed E-state index contributed by atoms with van der Waals surface area (Å²) in [5.41, 5.74) is 10.2. The lowest BCUT2D eigenvalue weighted by molar-refractivity contribution is 0.0968. The summed E-state index contributed by atoms with van der Waals surface area (Å²) in [6.07, 6.45) is 10.9. The van der Waals surface area contributed by atoms with Gasteiger partial charge in [0.1, 0.15) is 6.07 Å². The lowest BCUT2D eigenvalue weighted by Gasteiger charge is -2.29. The summed E-state index contributed by atoms with van der Waals surface area (Å²) < 4.78 is 0. The molecule has 2 heterocycles. The molecular weight excluding hydrogens is 388 g/mol. The van der Waals surface area contributed by atoms with Crippen LogP contribution in [0.3, 0.4) is 0 Å². The van der Waals surface area contributed by atoms with E-state index in [2.05, 4.69) is 20.3 Å². The Morgan fingerprint density at radius 1 is 1.00 bits per heavy atom. The van der Waals surface area contributed by atoms with Gasteiger partial charge in [0.2, 0.25) is 5.82 Å². The average molecular weight is 412 g/mol. The molecule has 0 bridgehead atoms. The molecule has 1 aromatic carbocycles. The molecule has 2 fully saturated rings. The van der Waals surface area contributed by atoms with Crippen molar-refractivity contribution in [3.8, 4) is 17.2 Å². The number of pyridine rings is 1. The van der Waals surface area contributed by atoms with E-state index in [1.165, 1.54) is 0 Å². The van der Waals surface area contributed by atoms with Crippen molar-refractivity contribution in [3.63, 3.8) is 0 Å². The van der Waals surface area contributed by atoms with Gasteiger partial charge in [-0.25, -0.2) is 9.97 Å². The normalized spacial score (nSPS) is 20.9. The van der Waals surface area contributed by atoms with Crippen molar-refractivity contribution in [1.29, 1.82) is 5.26 Å². The highest BCUT2D eigenvalue weighted by Crippen LogP contribution is 2.38. The Kier molecular flexibility index (Phi) is 5.08. The van der Waals surface area contributed by atoms with Gasteiger partial charge < -0.3 is 11.1 Å². The van der Waals surface area contributed by atoms with E-state index in [0.717, 1.165) is 66.2 Å². The fourth-order valence-corrected chi connectivity index (χ4v) is 4.28. The highest BCUT2D eigenvalue weighted by molar-refractivity contribution is 6.10. The molecule has 2 aromatic heterocycles. The highest BCUT2D eigenvalue weighted by Gasteiger charge is 2.33. The summed E-state index contributed by atoms with van der Waals surface area (Å²) in [6, 6.07) is 8.45. The summed E-state index contributed by atoms with van der Waals surface area (Å²) in [7, 11) is 0. The minimum absolute atomic E-state index is 0.120. The number of rotatable bonds is 5. The SMILES string of the molecule is N#Cc1ncc(-c2ccc3ncc(C(=O)C4CC4)c(N[C@H]4CC[C@H](N)CC4)c3c2)cn1. The van der Waals surface area contributed by atoms with Gasteiger partial charge in [0.05, 0.1) is 16.8 Å². The molecule has 0 amide bonds. The van der Waals surface area contributed by atoms with E-state index in [1.807, 2.05) is 24.3 Å². The minimum Gasteiger partial charge on any atom is -0.381 e. The topological polar surface area (TPSA) is 118 Å². The van der Waals surface area contributed by atoms with E-state index in [1.54, 1.807) is 18.6 Å². The summed E-state index contributed by atoms with van der Waals surface area (Å²) in [5.74, 6) is 0.438. The molecule has 0 radical (unpaired) electrons. The van der Waals surface area contributed by atoms with Gasteiger partial charge in [-0.15, -0.1) is 0 Å². The lowest BCUT2D eigenvalue weighted by Crippen LogP contribution is -2.33. The van der Waals surface area contributed by atoms with Crippen LogP contribution in [0.4, 0.5) is 5.69 Å². The van der Waals surface area contributed by atoms with Crippen molar-refractivity contribution in [1.82, 2.24) is 15.0 Å². The number of anilines is 1. The molecule has 2 aliphatic rings. The van der Waals surface area contributed by atoms with E-state index in [4.69, 9.17) is 11.0 Å². The van der Waals surface area contributed by atoms with Gasteiger partial charge in [0.25, 0.3) is 0 Å². The molecular formula is C24H24N6O. The monoisotopic (exact) mass is 412 g/mol. The molecule has 31 heavy (non-hydrogen) atoms. The van der Waals surface area contributed by atoms with Gasteiger partial charge in [-0.2, -0.15) is 5.26 Å². The van der Waals surface area contributed by atoms with Crippen molar-refractivity contribution in [3.05, 3.63) is 48.2 Å². The van der Waals surface area contributed by atoms with Crippen LogP contribution >= 0.6 is 0 Å². The van der Waals surface area contributed by atoms with Crippen molar-refractivity contribution in [2.45, 2.75) is 50.6 Å². The maximum Gasteiger partial charge on any atom is 0.232 e. The first-order valence-corrected chi connectivity index (χ1v) is 10.8. The number of ketones is 1. The van der Waals surface area contributed by atoms with E-state index in [-0.39, 0.29) is 29.6 Å². The summed E-state index contributed by atoms with van der Waals surface area (Å²) >= 11 is 0. The Morgan fingerprint density at radius 3 is 2.42 bits per heavy atom.